The average molecular weight is 516 g/mol. The molecule has 0 radical (unpaired) electrons. The van der Waals surface area contributed by atoms with Crippen molar-refractivity contribution in [3.63, 3.8) is 0 Å². The van der Waals surface area contributed by atoms with Gasteiger partial charge in [-0.3, -0.25) is 9.59 Å². The maximum absolute atomic E-state index is 13.6. The van der Waals surface area contributed by atoms with Crippen LogP contribution in [0.3, 0.4) is 0 Å². The standard InChI is InChI=1S/C18H12ClFIN3O4/c19-10-5-9(16(26)12(21)7-10)6-14-17(27)24(18(28)23-14)8-15(25)22-13-4-2-1-3-11(13)20/h1-7,26H,8H2,(H,22,25)(H,23,28)/b14-6+. The van der Waals surface area contributed by atoms with Crippen molar-refractivity contribution in [2.75, 3.05) is 11.9 Å². The summed E-state index contributed by atoms with van der Waals surface area (Å²) in [7, 11) is 0. The van der Waals surface area contributed by atoms with Crippen molar-refractivity contribution in [1.82, 2.24) is 10.2 Å². The summed E-state index contributed by atoms with van der Waals surface area (Å²) in [5.74, 6) is -2.24. The van der Waals surface area contributed by atoms with Gasteiger partial charge in [-0.15, -0.1) is 0 Å². The molecule has 0 atom stereocenters. The summed E-state index contributed by atoms with van der Waals surface area (Å²) in [6, 6.07) is 7.68. The van der Waals surface area contributed by atoms with E-state index in [2.05, 4.69) is 10.6 Å². The van der Waals surface area contributed by atoms with E-state index < -0.39 is 30.2 Å². The highest BCUT2D eigenvalue weighted by atomic mass is 127. The summed E-state index contributed by atoms with van der Waals surface area (Å²) in [4.78, 5) is 37.3. The molecule has 0 unspecified atom stereocenters. The first-order valence-electron chi connectivity index (χ1n) is 7.83. The van der Waals surface area contributed by atoms with Crippen LogP contribution in [0.5, 0.6) is 5.75 Å². The number of rotatable bonds is 4. The summed E-state index contributed by atoms with van der Waals surface area (Å²) < 4.78 is 14.1. The second kappa shape index (κ2) is 8.15. The van der Waals surface area contributed by atoms with E-state index in [1.54, 1.807) is 0 Å². The van der Waals surface area contributed by atoms with Gasteiger partial charge < -0.3 is 15.7 Å². The number of aromatic hydroxyl groups is 1. The fourth-order valence-corrected chi connectivity index (χ4v) is 3.52. The van der Waals surface area contributed by atoms with Gasteiger partial charge in [0.15, 0.2) is 0 Å². The molecule has 0 spiro atoms. The largest absolute Gasteiger partial charge is 0.506 e. The van der Waals surface area contributed by atoms with Crippen molar-refractivity contribution in [2.45, 2.75) is 0 Å². The first-order chi connectivity index (χ1) is 13.3. The van der Waals surface area contributed by atoms with Crippen LogP contribution in [0.4, 0.5) is 14.9 Å². The van der Waals surface area contributed by atoms with Gasteiger partial charge in [-0.25, -0.2) is 14.1 Å². The van der Waals surface area contributed by atoms with Gasteiger partial charge in [0.1, 0.15) is 23.8 Å². The van der Waals surface area contributed by atoms with Crippen LogP contribution in [-0.2, 0) is 9.59 Å². The molecule has 144 valence electrons. The average Bonchev–Trinajstić information content (AvgIpc) is 2.88. The van der Waals surface area contributed by atoms with Crippen LogP contribution in [0.1, 0.15) is 5.56 Å². The van der Waals surface area contributed by atoms with Gasteiger partial charge >= 0.3 is 6.03 Å². The van der Waals surface area contributed by atoms with Gasteiger partial charge in [-0.2, -0.15) is 0 Å². The zero-order valence-electron chi connectivity index (χ0n) is 14.0. The molecule has 3 rings (SSSR count). The number of phenols is 1. The minimum atomic E-state index is -0.809. The SMILES string of the molecule is O=C(CN1C(=O)N/C(=C/c2cc(Cl)cc(I)c2O)C1=O)Nc1ccccc1F. The Kier molecular flexibility index (Phi) is 5.84. The minimum Gasteiger partial charge on any atom is -0.506 e. The number of carbonyl (C=O) groups excluding carboxylic acids is 3. The number of carbonyl (C=O) groups is 3. The molecule has 4 amide bonds. The molecule has 1 saturated heterocycles. The Balaban J connectivity index is 1.77. The number of para-hydroxylation sites is 1. The topological polar surface area (TPSA) is 98.7 Å². The fraction of sp³-hybridized carbons (Fsp3) is 0.0556. The first-order valence-corrected chi connectivity index (χ1v) is 9.29. The number of urea groups is 1. The molecule has 0 bridgehead atoms. The van der Waals surface area contributed by atoms with Gasteiger partial charge in [0.2, 0.25) is 5.91 Å². The van der Waals surface area contributed by atoms with Gasteiger partial charge in [0.25, 0.3) is 5.91 Å². The third kappa shape index (κ3) is 4.25. The van der Waals surface area contributed by atoms with E-state index in [9.17, 15) is 23.9 Å². The van der Waals surface area contributed by atoms with Crippen molar-refractivity contribution in [3.8, 4) is 5.75 Å². The van der Waals surface area contributed by atoms with E-state index in [1.165, 1.54) is 42.5 Å². The molecule has 28 heavy (non-hydrogen) atoms. The zero-order valence-corrected chi connectivity index (χ0v) is 16.9. The molecule has 0 aromatic heterocycles. The lowest BCUT2D eigenvalue weighted by Gasteiger charge is -2.12. The van der Waals surface area contributed by atoms with Crippen molar-refractivity contribution in [2.24, 2.45) is 0 Å². The number of nitrogens with zero attached hydrogens (tertiary/aromatic N) is 1. The van der Waals surface area contributed by atoms with E-state index >= 15 is 0 Å². The second-order valence-electron chi connectivity index (χ2n) is 5.73. The van der Waals surface area contributed by atoms with Crippen LogP contribution in [0.15, 0.2) is 42.1 Å². The lowest BCUT2D eigenvalue weighted by Crippen LogP contribution is -2.38. The summed E-state index contributed by atoms with van der Waals surface area (Å²) in [6.07, 6.45) is 1.26. The zero-order chi connectivity index (χ0) is 20.4. The molecule has 10 heteroatoms. The Morgan fingerprint density at radius 3 is 2.75 bits per heavy atom. The van der Waals surface area contributed by atoms with Crippen molar-refractivity contribution in [3.05, 3.63) is 62.1 Å². The summed E-state index contributed by atoms with van der Waals surface area (Å²) >= 11 is 7.82. The van der Waals surface area contributed by atoms with Crippen LogP contribution in [0.25, 0.3) is 6.08 Å². The van der Waals surface area contributed by atoms with Gasteiger partial charge in [0, 0.05) is 10.6 Å². The first kappa shape index (κ1) is 20.1. The number of benzene rings is 2. The molecule has 1 heterocycles. The molecule has 0 aliphatic carbocycles. The lowest BCUT2D eigenvalue weighted by atomic mass is 10.1. The number of anilines is 1. The Bertz CT molecular complexity index is 1030. The summed E-state index contributed by atoms with van der Waals surface area (Å²) in [5.41, 5.74) is 0.0454. The van der Waals surface area contributed by atoms with Crippen molar-refractivity contribution < 1.29 is 23.9 Å². The number of imide groups is 1. The highest BCUT2D eigenvalue weighted by Crippen LogP contribution is 2.30. The Labute approximate surface area is 177 Å². The quantitative estimate of drug-likeness (QED) is 0.331. The molecule has 7 nitrogen and oxygen atoms in total. The van der Waals surface area contributed by atoms with Crippen LogP contribution in [-0.4, -0.2) is 34.4 Å². The number of phenolic OH excluding ortho intramolecular Hbond substituents is 1. The number of halogens is 3. The summed E-state index contributed by atoms with van der Waals surface area (Å²) in [5, 5.41) is 15.1. The van der Waals surface area contributed by atoms with E-state index in [4.69, 9.17) is 11.6 Å². The molecule has 1 aliphatic heterocycles. The van der Waals surface area contributed by atoms with Crippen LogP contribution >= 0.6 is 34.2 Å². The van der Waals surface area contributed by atoms with Crippen molar-refractivity contribution in [1.29, 1.82) is 0 Å². The van der Waals surface area contributed by atoms with Gasteiger partial charge in [-0.1, -0.05) is 23.7 Å². The molecular weight excluding hydrogens is 504 g/mol. The third-order valence-corrected chi connectivity index (χ3v) is 4.81. The highest BCUT2D eigenvalue weighted by Gasteiger charge is 2.35. The normalized spacial score (nSPS) is 15.1. The number of amides is 4. The smallest absolute Gasteiger partial charge is 0.329 e. The predicted octanol–water partition coefficient (Wildman–Crippen LogP) is 3.32. The molecule has 3 N–H and O–H groups in total. The molecule has 1 aliphatic rings. The second-order valence-corrected chi connectivity index (χ2v) is 7.33. The highest BCUT2D eigenvalue weighted by molar-refractivity contribution is 14.1. The lowest BCUT2D eigenvalue weighted by molar-refractivity contribution is -0.127. The number of nitrogens with one attached hydrogen (secondary N) is 2. The van der Waals surface area contributed by atoms with Crippen LogP contribution in [0.2, 0.25) is 5.02 Å². The third-order valence-electron chi connectivity index (χ3n) is 3.77. The molecule has 1 fully saturated rings. The Hall–Kier alpha value is -2.66. The van der Waals surface area contributed by atoms with Crippen LogP contribution in [0, 0.1) is 9.39 Å². The van der Waals surface area contributed by atoms with E-state index in [1.807, 2.05) is 22.6 Å². The Morgan fingerprint density at radius 2 is 2.04 bits per heavy atom. The molecule has 0 saturated carbocycles. The fourth-order valence-electron chi connectivity index (χ4n) is 2.46. The molecule has 2 aromatic rings. The maximum atomic E-state index is 13.6. The van der Waals surface area contributed by atoms with E-state index in [0.29, 0.717) is 13.5 Å². The predicted molar refractivity (Wildman–Crippen MR) is 109 cm³/mol. The van der Waals surface area contributed by atoms with Crippen molar-refractivity contribution >= 4 is 63.8 Å². The van der Waals surface area contributed by atoms with Gasteiger partial charge in [-0.05, 0) is 52.9 Å². The molecular formula is C18H12ClFIN3O4. The van der Waals surface area contributed by atoms with E-state index in [-0.39, 0.29) is 22.7 Å². The monoisotopic (exact) mass is 515 g/mol. The van der Waals surface area contributed by atoms with Gasteiger partial charge in [0.05, 0.1) is 9.26 Å². The van der Waals surface area contributed by atoms with E-state index in [0.717, 1.165) is 0 Å². The molecule has 2 aromatic carbocycles. The number of hydrogen-bond acceptors (Lipinski definition) is 4. The maximum Gasteiger partial charge on any atom is 0.329 e. The summed E-state index contributed by atoms with van der Waals surface area (Å²) in [6.45, 7) is -0.602. The Morgan fingerprint density at radius 1 is 1.32 bits per heavy atom. The minimum absolute atomic E-state index is 0.0613. The van der Waals surface area contributed by atoms with Crippen LogP contribution < -0.4 is 10.6 Å². The number of hydrogen-bond donors (Lipinski definition) is 3.